The van der Waals surface area contributed by atoms with E-state index < -0.39 is 45.2 Å². The molecule has 0 saturated heterocycles. The van der Waals surface area contributed by atoms with Crippen LogP contribution in [0.4, 0.5) is 13.2 Å². The van der Waals surface area contributed by atoms with Crippen LogP contribution in [0.1, 0.15) is 35.9 Å². The number of benzene rings is 3. The molecular formula is C25H21ClF3N3O5S. The number of hydrogen-bond donors (Lipinski definition) is 2. The summed E-state index contributed by atoms with van der Waals surface area (Å²) in [4.78, 5) is 11.4. The molecule has 0 radical (unpaired) electrons. The third-order valence-electron chi connectivity index (χ3n) is 6.01. The maximum Gasteiger partial charge on any atom is 0.434 e. The van der Waals surface area contributed by atoms with Crippen molar-refractivity contribution in [1.82, 2.24) is 14.9 Å². The van der Waals surface area contributed by atoms with Gasteiger partial charge < -0.3 is 9.15 Å². The summed E-state index contributed by atoms with van der Waals surface area (Å²) >= 11 is 5.95. The molecule has 0 aliphatic heterocycles. The van der Waals surface area contributed by atoms with Crippen LogP contribution in [0.5, 0.6) is 5.75 Å². The lowest BCUT2D eigenvalue weighted by molar-refractivity contribution is 0.374. The number of hydrogen-bond acceptors (Lipinski definition) is 6. The number of halogens is 4. The second-order valence-electron chi connectivity index (χ2n) is 8.43. The van der Waals surface area contributed by atoms with Gasteiger partial charge in [-0.15, -0.1) is 5.10 Å². The van der Waals surface area contributed by atoms with Crippen LogP contribution in [0, 0.1) is 24.4 Å². The molecule has 2 N–H and O–H groups in total. The van der Waals surface area contributed by atoms with E-state index in [1.807, 2.05) is 0 Å². The molecular weight excluding hydrogens is 547 g/mol. The number of sulfonamides is 1. The Bertz CT molecular complexity index is 1650. The van der Waals surface area contributed by atoms with Crippen molar-refractivity contribution in [3.8, 4) is 16.9 Å². The summed E-state index contributed by atoms with van der Waals surface area (Å²) in [5, 5.41) is 6.05. The van der Waals surface area contributed by atoms with E-state index in [0.29, 0.717) is 11.6 Å². The number of rotatable bonds is 8. The van der Waals surface area contributed by atoms with Gasteiger partial charge in [0.05, 0.1) is 7.11 Å². The minimum Gasteiger partial charge on any atom is -0.495 e. The number of nitrogens with zero attached hydrogens (tertiary/aromatic N) is 1. The Labute approximate surface area is 220 Å². The fraction of sp³-hybridized carbons (Fsp3) is 0.200. The standard InChI is InChI=1S/C25H21ClF3N3O5S/c1-12-18(14-8-16(27)11-17(28)9-14)5-6-19(29)22(12)13(2)23(24-30-31-25(33)37-24)32-38(34,35)21-7-4-15(26)10-20(21)36-3/h4-11,13,23,32H,1-3H3,(H,31,33). The SMILES string of the molecule is COc1cc(Cl)ccc1S(=O)(=O)NC(c1n[nH]c(=O)o1)C(C)c1c(F)ccc(-c2cc(F)cc(F)c2)c1C. The lowest BCUT2D eigenvalue weighted by Gasteiger charge is -2.25. The summed E-state index contributed by atoms with van der Waals surface area (Å²) in [5.41, 5.74) is 0.765. The molecule has 0 saturated carbocycles. The number of methoxy groups -OCH3 is 1. The van der Waals surface area contributed by atoms with Crippen LogP contribution in [0.3, 0.4) is 0 Å². The van der Waals surface area contributed by atoms with Crippen LogP contribution in [0.25, 0.3) is 11.1 Å². The zero-order valence-corrected chi connectivity index (χ0v) is 21.8. The van der Waals surface area contributed by atoms with Gasteiger partial charge in [0, 0.05) is 23.1 Å². The largest absolute Gasteiger partial charge is 0.495 e. The average Bonchev–Trinajstić information content (AvgIpc) is 3.27. The Morgan fingerprint density at radius 2 is 1.76 bits per heavy atom. The van der Waals surface area contributed by atoms with Gasteiger partial charge in [-0.05, 0) is 59.5 Å². The normalized spacial score (nSPS) is 13.3. The molecule has 8 nitrogen and oxygen atoms in total. The van der Waals surface area contributed by atoms with E-state index in [0.717, 1.165) is 18.2 Å². The third-order valence-corrected chi connectivity index (χ3v) is 7.72. The lowest BCUT2D eigenvalue weighted by Crippen LogP contribution is -2.33. The lowest BCUT2D eigenvalue weighted by atomic mass is 9.86. The molecule has 2 unspecified atom stereocenters. The van der Waals surface area contributed by atoms with Crippen molar-refractivity contribution < 1.29 is 30.7 Å². The Kier molecular flexibility index (Phi) is 7.68. The Balaban J connectivity index is 1.84. The van der Waals surface area contributed by atoms with E-state index in [4.69, 9.17) is 20.8 Å². The van der Waals surface area contributed by atoms with E-state index in [1.54, 1.807) is 0 Å². The molecule has 1 heterocycles. The molecule has 0 aliphatic carbocycles. The predicted octanol–water partition coefficient (Wildman–Crippen LogP) is 5.24. The number of nitrogens with one attached hydrogen (secondary N) is 2. The maximum atomic E-state index is 15.3. The molecule has 4 aromatic rings. The molecule has 0 fully saturated rings. The summed E-state index contributed by atoms with van der Waals surface area (Å²) in [7, 11) is -3.12. The number of aromatic nitrogens is 2. The summed E-state index contributed by atoms with van der Waals surface area (Å²) in [6, 6.07) is 7.83. The predicted molar refractivity (Wildman–Crippen MR) is 133 cm³/mol. The number of ether oxygens (including phenoxy) is 1. The first-order valence-electron chi connectivity index (χ1n) is 11.1. The highest BCUT2D eigenvalue weighted by atomic mass is 35.5. The smallest absolute Gasteiger partial charge is 0.434 e. The molecule has 13 heteroatoms. The van der Waals surface area contributed by atoms with Gasteiger partial charge in [-0.2, -0.15) is 4.72 Å². The maximum absolute atomic E-state index is 15.3. The Hall–Kier alpha value is -3.61. The van der Waals surface area contributed by atoms with Gasteiger partial charge >= 0.3 is 5.76 Å². The van der Waals surface area contributed by atoms with Crippen molar-refractivity contribution in [2.24, 2.45) is 0 Å². The van der Waals surface area contributed by atoms with Crippen molar-refractivity contribution in [2.75, 3.05) is 7.11 Å². The number of H-pyrrole nitrogens is 1. The monoisotopic (exact) mass is 567 g/mol. The van der Waals surface area contributed by atoms with Gasteiger partial charge in [-0.25, -0.2) is 31.5 Å². The first-order chi connectivity index (χ1) is 17.9. The number of aromatic amines is 1. The highest BCUT2D eigenvalue weighted by Gasteiger charge is 2.34. The van der Waals surface area contributed by atoms with E-state index in [9.17, 15) is 22.0 Å². The fourth-order valence-electron chi connectivity index (χ4n) is 4.28. The molecule has 200 valence electrons. The zero-order chi connectivity index (χ0) is 27.8. The van der Waals surface area contributed by atoms with E-state index in [-0.39, 0.29) is 38.2 Å². The second kappa shape index (κ2) is 10.6. The van der Waals surface area contributed by atoms with Crippen LogP contribution in [0.2, 0.25) is 5.02 Å². The van der Waals surface area contributed by atoms with Crippen molar-refractivity contribution >= 4 is 21.6 Å². The van der Waals surface area contributed by atoms with E-state index in [2.05, 4.69) is 14.9 Å². The molecule has 0 bridgehead atoms. The summed E-state index contributed by atoms with van der Waals surface area (Å²) in [6.07, 6.45) is 0. The van der Waals surface area contributed by atoms with Gasteiger partial charge in [-0.3, -0.25) is 0 Å². The van der Waals surface area contributed by atoms with Crippen molar-refractivity contribution in [3.63, 3.8) is 0 Å². The molecule has 0 amide bonds. The Morgan fingerprint density at radius 1 is 1.08 bits per heavy atom. The minimum absolute atomic E-state index is 0.00795. The first-order valence-corrected chi connectivity index (χ1v) is 12.9. The van der Waals surface area contributed by atoms with Crippen molar-refractivity contribution in [1.29, 1.82) is 0 Å². The third kappa shape index (κ3) is 5.47. The van der Waals surface area contributed by atoms with Crippen LogP contribution < -0.4 is 15.2 Å². The van der Waals surface area contributed by atoms with E-state index in [1.165, 1.54) is 45.2 Å². The van der Waals surface area contributed by atoms with Gasteiger partial charge in [0.25, 0.3) is 0 Å². The van der Waals surface area contributed by atoms with E-state index >= 15 is 4.39 Å². The molecule has 2 atom stereocenters. The Morgan fingerprint density at radius 3 is 2.37 bits per heavy atom. The summed E-state index contributed by atoms with van der Waals surface area (Å²) < 4.78 is 82.5. The topological polar surface area (TPSA) is 114 Å². The molecule has 38 heavy (non-hydrogen) atoms. The van der Waals surface area contributed by atoms with Crippen LogP contribution in [0.15, 0.2) is 62.6 Å². The minimum atomic E-state index is -4.38. The highest BCUT2D eigenvalue weighted by Crippen LogP contribution is 2.39. The van der Waals surface area contributed by atoms with Gasteiger partial charge in [0.2, 0.25) is 15.9 Å². The average molecular weight is 568 g/mol. The highest BCUT2D eigenvalue weighted by molar-refractivity contribution is 7.89. The van der Waals surface area contributed by atoms with Crippen molar-refractivity contribution in [2.45, 2.75) is 30.7 Å². The van der Waals surface area contributed by atoms with Crippen LogP contribution in [-0.4, -0.2) is 25.7 Å². The molecule has 0 aliphatic rings. The van der Waals surface area contributed by atoms with Crippen LogP contribution >= 0.6 is 11.6 Å². The van der Waals surface area contributed by atoms with Gasteiger partial charge in [0.15, 0.2) is 0 Å². The second-order valence-corrected chi connectivity index (χ2v) is 10.5. The fourth-order valence-corrected chi connectivity index (χ4v) is 5.86. The molecule has 1 aromatic heterocycles. The van der Waals surface area contributed by atoms with Gasteiger partial charge in [-0.1, -0.05) is 24.6 Å². The van der Waals surface area contributed by atoms with Crippen molar-refractivity contribution in [3.05, 3.63) is 98.6 Å². The summed E-state index contributed by atoms with van der Waals surface area (Å²) in [5.74, 6) is -4.77. The molecule has 0 spiro atoms. The van der Waals surface area contributed by atoms with Crippen LogP contribution in [-0.2, 0) is 10.0 Å². The summed E-state index contributed by atoms with van der Waals surface area (Å²) in [6.45, 7) is 3.02. The molecule has 3 aromatic carbocycles. The quantitative estimate of drug-likeness (QED) is 0.301. The first kappa shape index (κ1) is 27.4. The molecule has 4 rings (SSSR count). The zero-order valence-electron chi connectivity index (χ0n) is 20.2. The van der Waals surface area contributed by atoms with Gasteiger partial charge in [0.1, 0.15) is 34.1 Å².